The number of amides is 1. The zero-order valence-corrected chi connectivity index (χ0v) is 12.1. The third-order valence-electron chi connectivity index (χ3n) is 3.31. The van der Waals surface area contributed by atoms with Crippen LogP contribution in [-0.4, -0.2) is 59.9 Å². The van der Waals surface area contributed by atoms with Crippen molar-refractivity contribution in [1.82, 2.24) is 5.32 Å². The Balaban J connectivity index is 2.66. The number of alkyl carbamates (subject to hydrolysis) is 1. The molecule has 0 bridgehead atoms. The maximum atomic E-state index is 11.3. The summed E-state index contributed by atoms with van der Waals surface area (Å²) in [5, 5.41) is 25.1. The maximum Gasteiger partial charge on any atom is 0.407 e. The summed E-state index contributed by atoms with van der Waals surface area (Å²) in [7, 11) is 0. The number of ether oxygens (including phenoxy) is 2. The molecular weight excluding hydrogens is 280 g/mol. The Bertz CT molecular complexity index is 376. The summed E-state index contributed by atoms with van der Waals surface area (Å²) in [6.07, 6.45) is -3.28. The van der Waals surface area contributed by atoms with Gasteiger partial charge in [-0.1, -0.05) is 31.7 Å². The second-order valence-electron chi connectivity index (χ2n) is 5.23. The van der Waals surface area contributed by atoms with E-state index >= 15 is 0 Å². The molecule has 1 amide bonds. The van der Waals surface area contributed by atoms with Gasteiger partial charge in [0, 0.05) is 6.54 Å². The summed E-state index contributed by atoms with van der Waals surface area (Å²) in [6, 6.07) is -1.16. The summed E-state index contributed by atoms with van der Waals surface area (Å²) in [4.78, 5) is 22.2. The zero-order valence-electron chi connectivity index (χ0n) is 12.1. The SMILES string of the molecule is C=CCOC(=O)NCC1O[C@@H](C(C)C)C(O)C(O)[C@@H]1N=O. The number of rotatable bonds is 6. The fourth-order valence-corrected chi connectivity index (χ4v) is 2.20. The highest BCUT2D eigenvalue weighted by Crippen LogP contribution is 2.27. The molecule has 1 aliphatic rings. The molecule has 1 saturated heterocycles. The third-order valence-corrected chi connectivity index (χ3v) is 3.31. The van der Waals surface area contributed by atoms with Gasteiger partial charge in [-0.3, -0.25) is 0 Å². The largest absolute Gasteiger partial charge is 0.445 e. The first-order valence-electron chi connectivity index (χ1n) is 6.78. The van der Waals surface area contributed by atoms with Crippen LogP contribution in [0.25, 0.3) is 0 Å². The Kier molecular flexibility index (Phi) is 6.73. The third kappa shape index (κ3) is 4.48. The Labute approximate surface area is 123 Å². The van der Waals surface area contributed by atoms with Crippen LogP contribution < -0.4 is 5.32 Å². The number of carbonyl (C=O) groups is 1. The Hall–Kier alpha value is -1.51. The molecule has 3 unspecified atom stereocenters. The summed E-state index contributed by atoms with van der Waals surface area (Å²) in [5.41, 5.74) is 0. The fraction of sp³-hybridized carbons (Fsp3) is 0.769. The monoisotopic (exact) mass is 302 g/mol. The molecule has 0 aromatic heterocycles. The second-order valence-corrected chi connectivity index (χ2v) is 5.23. The first-order chi connectivity index (χ1) is 9.92. The Morgan fingerprint density at radius 3 is 2.67 bits per heavy atom. The number of carbonyl (C=O) groups excluding carboxylic acids is 1. The van der Waals surface area contributed by atoms with Crippen molar-refractivity contribution in [2.75, 3.05) is 13.2 Å². The molecule has 1 rings (SSSR count). The minimum Gasteiger partial charge on any atom is -0.445 e. The van der Waals surface area contributed by atoms with Crippen LogP contribution in [0.4, 0.5) is 4.79 Å². The van der Waals surface area contributed by atoms with Gasteiger partial charge >= 0.3 is 6.09 Å². The van der Waals surface area contributed by atoms with Gasteiger partial charge in [-0.05, 0) is 5.92 Å². The van der Waals surface area contributed by atoms with Crippen LogP contribution in [0.3, 0.4) is 0 Å². The maximum absolute atomic E-state index is 11.3. The average molecular weight is 302 g/mol. The highest BCUT2D eigenvalue weighted by atomic mass is 16.6. The molecule has 3 N–H and O–H groups in total. The van der Waals surface area contributed by atoms with Gasteiger partial charge in [0.2, 0.25) is 0 Å². The van der Waals surface area contributed by atoms with Gasteiger partial charge in [-0.25, -0.2) is 4.79 Å². The minimum atomic E-state index is -1.33. The highest BCUT2D eigenvalue weighted by Gasteiger charge is 2.46. The van der Waals surface area contributed by atoms with Gasteiger partial charge in [0.1, 0.15) is 31.0 Å². The van der Waals surface area contributed by atoms with E-state index in [1.54, 1.807) is 0 Å². The smallest absolute Gasteiger partial charge is 0.407 e. The van der Waals surface area contributed by atoms with E-state index in [9.17, 15) is 19.9 Å². The van der Waals surface area contributed by atoms with E-state index in [-0.39, 0.29) is 19.1 Å². The van der Waals surface area contributed by atoms with Crippen LogP contribution in [0.15, 0.2) is 17.8 Å². The van der Waals surface area contributed by atoms with E-state index in [1.807, 2.05) is 13.8 Å². The highest BCUT2D eigenvalue weighted by molar-refractivity contribution is 5.67. The zero-order chi connectivity index (χ0) is 16.0. The van der Waals surface area contributed by atoms with Gasteiger partial charge in [0.25, 0.3) is 0 Å². The molecule has 0 aliphatic carbocycles. The Morgan fingerprint density at radius 2 is 2.14 bits per heavy atom. The van der Waals surface area contributed by atoms with Crippen molar-refractivity contribution in [1.29, 1.82) is 0 Å². The van der Waals surface area contributed by atoms with Crippen LogP contribution in [0.5, 0.6) is 0 Å². The molecule has 0 saturated carbocycles. The van der Waals surface area contributed by atoms with Gasteiger partial charge < -0.3 is 25.0 Å². The molecule has 8 heteroatoms. The van der Waals surface area contributed by atoms with Crippen LogP contribution in [0, 0.1) is 10.8 Å². The molecule has 21 heavy (non-hydrogen) atoms. The van der Waals surface area contributed by atoms with Crippen molar-refractivity contribution >= 4 is 6.09 Å². The van der Waals surface area contributed by atoms with E-state index < -0.39 is 36.6 Å². The van der Waals surface area contributed by atoms with Crippen molar-refractivity contribution < 1.29 is 24.5 Å². The first-order valence-corrected chi connectivity index (χ1v) is 6.78. The number of nitrogens with zero attached hydrogens (tertiary/aromatic N) is 1. The number of nitroso groups, excluding NO2 is 1. The standard InChI is InChI=1S/C13H22N2O6/c1-4-5-20-13(18)14-6-8-9(15-19)10(16)11(17)12(21-8)7(2)3/h4,7-12,16-17H,1,5-6H2,2-3H3,(H,14,18)/t8?,9-,10?,11?,12+/m1/s1. The van der Waals surface area contributed by atoms with Crippen molar-refractivity contribution in [3.63, 3.8) is 0 Å². The molecule has 0 aromatic carbocycles. The number of hydrogen-bond acceptors (Lipinski definition) is 7. The second kappa shape index (κ2) is 8.06. The normalized spacial score (nSPS) is 32.5. The van der Waals surface area contributed by atoms with E-state index in [0.29, 0.717) is 0 Å². The molecule has 0 radical (unpaired) electrons. The Morgan fingerprint density at radius 1 is 1.48 bits per heavy atom. The topological polar surface area (TPSA) is 117 Å². The molecule has 0 aromatic rings. The lowest BCUT2D eigenvalue weighted by Crippen LogP contribution is -2.60. The van der Waals surface area contributed by atoms with E-state index in [0.717, 1.165) is 0 Å². The van der Waals surface area contributed by atoms with Crippen LogP contribution in [-0.2, 0) is 9.47 Å². The van der Waals surface area contributed by atoms with Gasteiger partial charge in [0.05, 0.1) is 6.10 Å². The van der Waals surface area contributed by atoms with Crippen molar-refractivity contribution in [3.05, 3.63) is 17.6 Å². The fourth-order valence-electron chi connectivity index (χ4n) is 2.20. The molecular formula is C13H22N2O6. The van der Waals surface area contributed by atoms with Crippen LogP contribution in [0.1, 0.15) is 13.8 Å². The van der Waals surface area contributed by atoms with Gasteiger partial charge in [0.15, 0.2) is 0 Å². The summed E-state index contributed by atoms with van der Waals surface area (Å²) >= 11 is 0. The molecule has 8 nitrogen and oxygen atoms in total. The number of aliphatic hydroxyl groups excluding tert-OH is 2. The number of aliphatic hydroxyl groups is 2. The van der Waals surface area contributed by atoms with Crippen LogP contribution in [0.2, 0.25) is 0 Å². The van der Waals surface area contributed by atoms with Gasteiger partial charge in [-0.15, -0.1) is 0 Å². The summed E-state index contributed by atoms with van der Waals surface area (Å²) < 4.78 is 10.3. The average Bonchev–Trinajstić information content (AvgIpc) is 2.45. The van der Waals surface area contributed by atoms with Crippen molar-refractivity contribution in [3.8, 4) is 0 Å². The summed E-state index contributed by atoms with van der Waals surface area (Å²) in [6.45, 7) is 7.05. The van der Waals surface area contributed by atoms with E-state index in [4.69, 9.17) is 9.47 Å². The predicted octanol–water partition coefficient (Wildman–Crippen LogP) is 0.179. The quantitative estimate of drug-likeness (QED) is 0.476. The van der Waals surface area contributed by atoms with Gasteiger partial charge in [-0.2, -0.15) is 4.91 Å². The molecule has 120 valence electrons. The molecule has 0 spiro atoms. The number of hydrogen-bond donors (Lipinski definition) is 3. The number of nitrogens with one attached hydrogen (secondary N) is 1. The van der Waals surface area contributed by atoms with E-state index in [1.165, 1.54) is 6.08 Å². The lowest BCUT2D eigenvalue weighted by Gasteiger charge is -2.41. The van der Waals surface area contributed by atoms with E-state index in [2.05, 4.69) is 17.1 Å². The van der Waals surface area contributed by atoms with Crippen LogP contribution >= 0.6 is 0 Å². The molecule has 1 heterocycles. The lowest BCUT2D eigenvalue weighted by molar-refractivity contribution is -0.189. The van der Waals surface area contributed by atoms with Crippen molar-refractivity contribution in [2.24, 2.45) is 11.1 Å². The predicted molar refractivity (Wildman–Crippen MR) is 74.6 cm³/mol. The first kappa shape index (κ1) is 17.5. The molecule has 1 fully saturated rings. The molecule has 5 atom stereocenters. The lowest BCUT2D eigenvalue weighted by atomic mass is 9.88. The molecule has 1 aliphatic heterocycles. The summed E-state index contributed by atoms with van der Waals surface area (Å²) in [5.74, 6) is -0.0718. The van der Waals surface area contributed by atoms with Crippen molar-refractivity contribution in [2.45, 2.75) is 44.3 Å². The minimum absolute atomic E-state index is 0.0562.